The maximum Gasteiger partial charge on any atom is 0.289 e. The highest BCUT2D eigenvalue weighted by Crippen LogP contribution is 2.36. The molecule has 0 amide bonds. The van der Waals surface area contributed by atoms with Crippen LogP contribution in [0, 0.1) is 34.1 Å². The fourth-order valence-electron chi connectivity index (χ4n) is 3.59. The van der Waals surface area contributed by atoms with Crippen molar-refractivity contribution in [3.63, 3.8) is 0 Å². The first-order valence-corrected chi connectivity index (χ1v) is 12.8. The average Bonchev–Trinajstić information content (AvgIpc) is 3.55. The van der Waals surface area contributed by atoms with Crippen molar-refractivity contribution in [2.24, 2.45) is 0 Å². The van der Waals surface area contributed by atoms with E-state index in [1.807, 2.05) is 0 Å². The van der Waals surface area contributed by atoms with Crippen LogP contribution in [0.1, 0.15) is 24.0 Å². The summed E-state index contributed by atoms with van der Waals surface area (Å²) >= 11 is 0. The summed E-state index contributed by atoms with van der Waals surface area (Å²) in [6.45, 7) is 2.20. The van der Waals surface area contributed by atoms with Crippen molar-refractivity contribution in [3.8, 4) is 0 Å². The molecule has 2 aromatic rings. The van der Waals surface area contributed by atoms with Crippen LogP contribution in [0.4, 0.5) is 11.4 Å². The van der Waals surface area contributed by atoms with Crippen LogP contribution < -0.4 is 4.72 Å². The highest BCUT2D eigenvalue weighted by Gasteiger charge is 2.41. The Bertz CT molecular complexity index is 1320. The van der Waals surface area contributed by atoms with Gasteiger partial charge in [0.05, 0.1) is 9.85 Å². The van der Waals surface area contributed by atoms with Gasteiger partial charge in [0.1, 0.15) is 0 Å². The molecule has 0 spiro atoms. The second-order valence-electron chi connectivity index (χ2n) is 7.61. The lowest BCUT2D eigenvalue weighted by Crippen LogP contribution is -2.40. The van der Waals surface area contributed by atoms with Gasteiger partial charge in [0.2, 0.25) is 20.0 Å². The van der Waals surface area contributed by atoms with E-state index in [0.29, 0.717) is 12.8 Å². The van der Waals surface area contributed by atoms with Crippen LogP contribution >= 0.6 is 0 Å². The van der Waals surface area contributed by atoms with E-state index < -0.39 is 57.1 Å². The second kappa shape index (κ2) is 9.13. The molecule has 178 valence electrons. The minimum atomic E-state index is -4.33. The number of hydrogen-bond donors (Lipinski definition) is 1. The smallest absolute Gasteiger partial charge is 0.258 e. The van der Waals surface area contributed by atoms with E-state index in [2.05, 4.69) is 4.72 Å². The lowest BCUT2D eigenvalue weighted by Gasteiger charge is -2.23. The SMILES string of the molecule is Cc1cccc([N+](=O)[O-])c1S(=O)(=O)NCCN(C1CC1)S(=O)(=O)c1c(C)cccc1[N+](=O)[O-]. The zero-order valence-corrected chi connectivity index (χ0v) is 19.4. The summed E-state index contributed by atoms with van der Waals surface area (Å²) in [5.74, 6) is 0. The molecule has 12 nitrogen and oxygen atoms in total. The van der Waals surface area contributed by atoms with Crippen LogP contribution in [0.2, 0.25) is 0 Å². The van der Waals surface area contributed by atoms with Crippen molar-refractivity contribution in [2.45, 2.75) is 42.5 Å². The van der Waals surface area contributed by atoms with E-state index in [1.165, 1.54) is 38.1 Å². The predicted molar refractivity (Wildman–Crippen MR) is 118 cm³/mol. The average molecular weight is 499 g/mol. The van der Waals surface area contributed by atoms with Crippen molar-refractivity contribution < 1.29 is 26.7 Å². The van der Waals surface area contributed by atoms with Crippen molar-refractivity contribution in [3.05, 3.63) is 67.8 Å². The molecule has 0 radical (unpaired) electrons. The molecular formula is C19H22N4O8S2. The van der Waals surface area contributed by atoms with Crippen molar-refractivity contribution >= 4 is 31.4 Å². The van der Waals surface area contributed by atoms with Crippen LogP contribution in [0.15, 0.2) is 46.2 Å². The minimum absolute atomic E-state index is 0.166. The molecule has 0 heterocycles. The zero-order chi connectivity index (χ0) is 24.6. The first-order valence-electron chi connectivity index (χ1n) is 9.87. The third kappa shape index (κ3) is 5.03. The van der Waals surface area contributed by atoms with E-state index in [0.717, 1.165) is 16.4 Å². The van der Waals surface area contributed by atoms with Gasteiger partial charge >= 0.3 is 0 Å². The van der Waals surface area contributed by atoms with Gasteiger partial charge in [0.15, 0.2) is 9.79 Å². The summed E-state index contributed by atoms with van der Waals surface area (Å²) in [5.41, 5.74) is -0.786. The Morgan fingerprint density at radius 1 is 0.909 bits per heavy atom. The number of nitrogens with one attached hydrogen (secondary N) is 1. The third-order valence-electron chi connectivity index (χ3n) is 5.19. The highest BCUT2D eigenvalue weighted by atomic mass is 32.2. The Kier molecular flexibility index (Phi) is 6.83. The summed E-state index contributed by atoms with van der Waals surface area (Å²) in [7, 11) is -8.64. The van der Waals surface area contributed by atoms with Crippen LogP contribution in [0.5, 0.6) is 0 Å². The van der Waals surface area contributed by atoms with Crippen LogP contribution in [0.3, 0.4) is 0 Å². The summed E-state index contributed by atoms with van der Waals surface area (Å²) in [5, 5.41) is 22.7. The molecule has 1 N–H and O–H groups in total. The van der Waals surface area contributed by atoms with E-state index in [-0.39, 0.29) is 24.2 Å². The lowest BCUT2D eigenvalue weighted by atomic mass is 10.2. The quantitative estimate of drug-likeness (QED) is 0.384. The van der Waals surface area contributed by atoms with Gasteiger partial charge in [0, 0.05) is 31.3 Å². The normalized spacial score (nSPS) is 14.4. The number of sulfonamides is 2. The van der Waals surface area contributed by atoms with Gasteiger partial charge in [-0.2, -0.15) is 4.31 Å². The second-order valence-corrected chi connectivity index (χ2v) is 11.1. The molecule has 14 heteroatoms. The largest absolute Gasteiger partial charge is 0.289 e. The Balaban J connectivity index is 1.88. The van der Waals surface area contributed by atoms with Gasteiger partial charge in [-0.1, -0.05) is 24.3 Å². The molecule has 0 bridgehead atoms. The van der Waals surface area contributed by atoms with E-state index in [9.17, 15) is 37.1 Å². The van der Waals surface area contributed by atoms with Crippen molar-refractivity contribution in [1.82, 2.24) is 9.03 Å². The minimum Gasteiger partial charge on any atom is -0.258 e. The number of hydrogen-bond acceptors (Lipinski definition) is 8. The highest BCUT2D eigenvalue weighted by molar-refractivity contribution is 7.90. The number of nitro groups is 2. The molecule has 1 fully saturated rings. The first kappa shape index (κ1) is 24.7. The molecule has 2 aromatic carbocycles. The molecule has 0 atom stereocenters. The van der Waals surface area contributed by atoms with E-state index in [1.54, 1.807) is 0 Å². The van der Waals surface area contributed by atoms with E-state index >= 15 is 0 Å². The number of nitro benzene ring substituents is 2. The molecule has 1 saturated carbocycles. The van der Waals surface area contributed by atoms with Crippen LogP contribution in [-0.4, -0.2) is 50.1 Å². The Hall–Kier alpha value is -2.94. The summed E-state index contributed by atoms with van der Waals surface area (Å²) in [6, 6.07) is 7.38. The summed E-state index contributed by atoms with van der Waals surface area (Å²) < 4.78 is 55.5. The van der Waals surface area contributed by atoms with Crippen molar-refractivity contribution in [1.29, 1.82) is 0 Å². The van der Waals surface area contributed by atoms with Crippen molar-refractivity contribution in [2.75, 3.05) is 13.1 Å². The standard InChI is InChI=1S/C19H22N4O8S2/c1-13-5-3-7-16(22(24)25)18(13)32(28,29)20-11-12-21(15-9-10-15)33(30,31)19-14(2)6-4-8-17(19)23(26)27/h3-8,15,20H,9-12H2,1-2H3. The first-order chi connectivity index (χ1) is 15.4. The fraction of sp³-hybridized carbons (Fsp3) is 0.368. The monoisotopic (exact) mass is 498 g/mol. The number of benzene rings is 2. The molecular weight excluding hydrogens is 476 g/mol. The third-order valence-corrected chi connectivity index (χ3v) is 8.99. The molecule has 0 aliphatic heterocycles. The molecule has 0 aromatic heterocycles. The summed E-state index contributed by atoms with van der Waals surface area (Å²) in [6.07, 6.45) is 1.07. The summed E-state index contributed by atoms with van der Waals surface area (Å²) in [4.78, 5) is 20.2. The molecule has 1 aliphatic carbocycles. The Morgan fingerprint density at radius 2 is 1.39 bits per heavy atom. The number of rotatable bonds is 10. The molecule has 0 unspecified atom stereocenters. The van der Waals surface area contributed by atoms with Gasteiger partial charge < -0.3 is 0 Å². The van der Waals surface area contributed by atoms with Gasteiger partial charge in [-0.3, -0.25) is 20.2 Å². The zero-order valence-electron chi connectivity index (χ0n) is 17.8. The molecule has 33 heavy (non-hydrogen) atoms. The Labute approximate surface area is 190 Å². The maximum absolute atomic E-state index is 13.3. The van der Waals surface area contributed by atoms with Gasteiger partial charge in [-0.25, -0.2) is 21.6 Å². The maximum atomic E-state index is 13.3. The number of aryl methyl sites for hydroxylation is 2. The van der Waals surface area contributed by atoms with Crippen LogP contribution in [-0.2, 0) is 20.0 Å². The molecule has 0 saturated heterocycles. The fourth-order valence-corrected chi connectivity index (χ4v) is 7.05. The molecule has 3 rings (SSSR count). The van der Waals surface area contributed by atoms with E-state index in [4.69, 9.17) is 0 Å². The Morgan fingerprint density at radius 3 is 1.88 bits per heavy atom. The predicted octanol–water partition coefficient (Wildman–Crippen LogP) is 2.25. The van der Waals surface area contributed by atoms with Gasteiger partial charge in [0.25, 0.3) is 11.4 Å². The lowest BCUT2D eigenvalue weighted by molar-refractivity contribution is -0.388. The number of nitrogens with zero attached hydrogens (tertiary/aromatic N) is 3. The van der Waals surface area contributed by atoms with Gasteiger partial charge in [-0.05, 0) is 37.8 Å². The van der Waals surface area contributed by atoms with Gasteiger partial charge in [-0.15, -0.1) is 0 Å². The topological polar surface area (TPSA) is 170 Å². The van der Waals surface area contributed by atoms with Crippen LogP contribution in [0.25, 0.3) is 0 Å². The molecule has 1 aliphatic rings.